The fourth-order valence-corrected chi connectivity index (χ4v) is 2.76. The minimum atomic E-state index is -0.550. The lowest BCUT2D eigenvalue weighted by molar-refractivity contribution is 0.157. The molecule has 1 unspecified atom stereocenters. The molecule has 1 aliphatic heterocycles. The van der Waals surface area contributed by atoms with Crippen molar-refractivity contribution in [2.75, 3.05) is 40.4 Å². The van der Waals surface area contributed by atoms with Crippen LogP contribution in [0.1, 0.15) is 12.0 Å². The molecule has 0 saturated carbocycles. The number of methoxy groups -OCH3 is 1. The number of nitrogens with zero attached hydrogens (tertiary/aromatic N) is 2. The number of hydrogen-bond donors (Lipinski definition) is 1. The summed E-state index contributed by atoms with van der Waals surface area (Å²) in [5.74, 6) is 0.295. The van der Waals surface area contributed by atoms with Crippen LogP contribution in [0.3, 0.4) is 0 Å². The van der Waals surface area contributed by atoms with Crippen molar-refractivity contribution < 1.29 is 13.5 Å². The summed E-state index contributed by atoms with van der Waals surface area (Å²) in [6.07, 6.45) is 1.57. The molecular formula is C16H24F2IN3O. The molecular weight excluding hydrogens is 415 g/mol. The van der Waals surface area contributed by atoms with Gasteiger partial charge >= 0.3 is 0 Å². The average molecular weight is 439 g/mol. The van der Waals surface area contributed by atoms with Gasteiger partial charge in [-0.15, -0.1) is 24.0 Å². The molecule has 0 amide bonds. The number of benzene rings is 1. The van der Waals surface area contributed by atoms with Gasteiger partial charge in [0.2, 0.25) is 0 Å². The Kier molecular flexibility index (Phi) is 8.75. The zero-order valence-electron chi connectivity index (χ0n) is 13.5. The highest BCUT2D eigenvalue weighted by Gasteiger charge is 2.24. The maximum absolute atomic E-state index is 13.6. The molecule has 0 radical (unpaired) electrons. The van der Waals surface area contributed by atoms with Gasteiger partial charge < -0.3 is 15.0 Å². The fourth-order valence-electron chi connectivity index (χ4n) is 2.76. The van der Waals surface area contributed by atoms with E-state index < -0.39 is 11.6 Å². The molecule has 23 heavy (non-hydrogen) atoms. The standard InChI is InChI=1S/C16H23F2N3O.HI/c1-19-16(21-8-6-12(10-21)11-22-2)20-7-5-13-3-4-14(17)9-15(13)18;/h3-4,9,12H,5-8,10-11H2,1-2H3,(H,19,20);1H. The molecule has 7 heteroatoms. The van der Waals surface area contributed by atoms with Gasteiger partial charge in [-0.1, -0.05) is 6.07 Å². The minimum absolute atomic E-state index is 0. The lowest BCUT2D eigenvalue weighted by Crippen LogP contribution is -2.41. The Morgan fingerprint density at radius 1 is 1.43 bits per heavy atom. The number of likely N-dealkylation sites (tertiary alicyclic amines) is 1. The van der Waals surface area contributed by atoms with Gasteiger partial charge in [0.25, 0.3) is 0 Å². The fraction of sp³-hybridized carbons (Fsp3) is 0.562. The van der Waals surface area contributed by atoms with Crippen molar-refractivity contribution in [2.24, 2.45) is 10.9 Å². The van der Waals surface area contributed by atoms with E-state index in [1.54, 1.807) is 14.2 Å². The van der Waals surface area contributed by atoms with Crippen molar-refractivity contribution in [3.05, 3.63) is 35.4 Å². The first-order valence-corrected chi connectivity index (χ1v) is 7.52. The monoisotopic (exact) mass is 439 g/mol. The molecule has 0 aliphatic carbocycles. The maximum atomic E-state index is 13.6. The van der Waals surface area contributed by atoms with Crippen molar-refractivity contribution in [3.8, 4) is 0 Å². The molecule has 2 rings (SSSR count). The summed E-state index contributed by atoms with van der Waals surface area (Å²) in [5.41, 5.74) is 0.503. The number of nitrogens with one attached hydrogen (secondary N) is 1. The first kappa shape index (κ1) is 20.1. The van der Waals surface area contributed by atoms with E-state index in [1.807, 2.05) is 0 Å². The van der Waals surface area contributed by atoms with E-state index in [9.17, 15) is 8.78 Å². The quantitative estimate of drug-likeness (QED) is 0.436. The normalized spacial score (nSPS) is 18.0. The molecule has 1 aromatic rings. The third kappa shape index (κ3) is 5.87. The van der Waals surface area contributed by atoms with Crippen LogP contribution in [0.15, 0.2) is 23.2 Å². The van der Waals surface area contributed by atoms with Crippen molar-refractivity contribution in [1.82, 2.24) is 10.2 Å². The molecule has 1 aromatic carbocycles. The van der Waals surface area contributed by atoms with E-state index in [2.05, 4.69) is 15.2 Å². The number of ether oxygens (including phenoxy) is 1. The highest BCUT2D eigenvalue weighted by atomic mass is 127. The summed E-state index contributed by atoms with van der Waals surface area (Å²) in [6.45, 7) is 3.17. The zero-order chi connectivity index (χ0) is 15.9. The highest BCUT2D eigenvalue weighted by molar-refractivity contribution is 14.0. The van der Waals surface area contributed by atoms with Gasteiger partial charge in [-0.2, -0.15) is 0 Å². The van der Waals surface area contributed by atoms with Gasteiger partial charge in [0.1, 0.15) is 11.6 Å². The van der Waals surface area contributed by atoms with E-state index in [4.69, 9.17) is 4.74 Å². The van der Waals surface area contributed by atoms with Crippen LogP contribution < -0.4 is 5.32 Å². The Labute approximate surface area is 153 Å². The third-order valence-corrected chi connectivity index (χ3v) is 3.89. The molecule has 1 aliphatic rings. The van der Waals surface area contributed by atoms with E-state index in [0.29, 0.717) is 24.4 Å². The highest BCUT2D eigenvalue weighted by Crippen LogP contribution is 2.16. The van der Waals surface area contributed by atoms with E-state index in [1.165, 1.54) is 12.1 Å². The van der Waals surface area contributed by atoms with Crippen molar-refractivity contribution >= 4 is 29.9 Å². The first-order valence-electron chi connectivity index (χ1n) is 7.52. The summed E-state index contributed by atoms with van der Waals surface area (Å²) in [7, 11) is 3.46. The maximum Gasteiger partial charge on any atom is 0.193 e. The lowest BCUT2D eigenvalue weighted by Gasteiger charge is -2.21. The summed E-state index contributed by atoms with van der Waals surface area (Å²) < 4.78 is 31.6. The van der Waals surface area contributed by atoms with Crippen molar-refractivity contribution in [2.45, 2.75) is 12.8 Å². The van der Waals surface area contributed by atoms with E-state index in [-0.39, 0.29) is 24.0 Å². The molecule has 0 aromatic heterocycles. The molecule has 1 N–H and O–H groups in total. The van der Waals surface area contributed by atoms with Crippen LogP contribution in [-0.4, -0.2) is 51.3 Å². The van der Waals surface area contributed by atoms with Crippen molar-refractivity contribution in [3.63, 3.8) is 0 Å². The Bertz CT molecular complexity index is 528. The van der Waals surface area contributed by atoms with Crippen LogP contribution >= 0.6 is 24.0 Å². The summed E-state index contributed by atoms with van der Waals surface area (Å²) in [5, 5.41) is 3.24. The average Bonchev–Trinajstić information content (AvgIpc) is 2.94. The summed E-state index contributed by atoms with van der Waals surface area (Å²) in [4.78, 5) is 6.45. The van der Waals surface area contributed by atoms with Crippen LogP contribution in [-0.2, 0) is 11.2 Å². The topological polar surface area (TPSA) is 36.9 Å². The first-order chi connectivity index (χ1) is 10.6. The van der Waals surface area contributed by atoms with Gasteiger partial charge in [0.05, 0.1) is 6.61 Å². The number of aliphatic imine (C=N–C) groups is 1. The molecule has 4 nitrogen and oxygen atoms in total. The smallest absolute Gasteiger partial charge is 0.193 e. The van der Waals surface area contributed by atoms with Crippen LogP contribution in [0.5, 0.6) is 0 Å². The number of halogens is 3. The minimum Gasteiger partial charge on any atom is -0.384 e. The Morgan fingerprint density at radius 3 is 2.87 bits per heavy atom. The molecule has 1 heterocycles. The SMILES string of the molecule is CN=C(NCCc1ccc(F)cc1F)N1CCC(COC)C1.I. The predicted molar refractivity (Wildman–Crippen MR) is 98.4 cm³/mol. The van der Waals surface area contributed by atoms with E-state index >= 15 is 0 Å². The van der Waals surface area contributed by atoms with Gasteiger partial charge in [-0.25, -0.2) is 8.78 Å². The van der Waals surface area contributed by atoms with Crippen LogP contribution in [0.4, 0.5) is 8.78 Å². The van der Waals surface area contributed by atoms with E-state index in [0.717, 1.165) is 38.1 Å². The largest absolute Gasteiger partial charge is 0.384 e. The van der Waals surface area contributed by atoms with Gasteiger partial charge in [0, 0.05) is 45.8 Å². The number of hydrogen-bond acceptors (Lipinski definition) is 2. The van der Waals surface area contributed by atoms with Crippen molar-refractivity contribution in [1.29, 1.82) is 0 Å². The van der Waals surface area contributed by atoms with Crippen LogP contribution in [0.2, 0.25) is 0 Å². The molecule has 0 bridgehead atoms. The number of guanidine groups is 1. The second kappa shape index (κ2) is 10.0. The molecule has 0 spiro atoms. The molecule has 1 atom stereocenters. The second-order valence-corrected chi connectivity index (χ2v) is 5.52. The summed E-state index contributed by atoms with van der Waals surface area (Å²) >= 11 is 0. The Hall–Kier alpha value is -0.960. The third-order valence-electron chi connectivity index (χ3n) is 3.89. The van der Waals surface area contributed by atoms with Gasteiger partial charge in [0.15, 0.2) is 5.96 Å². The van der Waals surface area contributed by atoms with Gasteiger partial charge in [-0.05, 0) is 24.5 Å². The van der Waals surface area contributed by atoms with Crippen LogP contribution in [0.25, 0.3) is 0 Å². The molecule has 1 saturated heterocycles. The Balaban J connectivity index is 0.00000264. The Morgan fingerprint density at radius 2 is 2.22 bits per heavy atom. The molecule has 130 valence electrons. The lowest BCUT2D eigenvalue weighted by atomic mass is 10.1. The van der Waals surface area contributed by atoms with Crippen LogP contribution in [0, 0.1) is 17.6 Å². The predicted octanol–water partition coefficient (Wildman–Crippen LogP) is 2.67. The second-order valence-electron chi connectivity index (χ2n) is 5.52. The molecule has 1 fully saturated rings. The zero-order valence-corrected chi connectivity index (χ0v) is 15.8. The van der Waals surface area contributed by atoms with Gasteiger partial charge in [-0.3, -0.25) is 4.99 Å². The summed E-state index contributed by atoms with van der Waals surface area (Å²) in [6, 6.07) is 3.68. The number of rotatable bonds is 5.